The highest BCUT2D eigenvalue weighted by Gasteiger charge is 2.05. The van der Waals surface area contributed by atoms with Crippen molar-refractivity contribution in [1.29, 1.82) is 0 Å². The molecule has 0 radical (unpaired) electrons. The van der Waals surface area contributed by atoms with Gasteiger partial charge in [0.1, 0.15) is 5.69 Å². The number of rotatable bonds is 2. The van der Waals surface area contributed by atoms with Crippen LogP contribution in [-0.4, -0.2) is 13.0 Å². The number of nitrogens with zero attached hydrogens (tertiary/aromatic N) is 1. The third-order valence-corrected chi connectivity index (χ3v) is 1.78. The minimum atomic E-state index is -0.166. The van der Waals surface area contributed by atoms with Crippen LogP contribution in [-0.2, 0) is 0 Å². The van der Waals surface area contributed by atoms with Crippen LogP contribution < -0.4 is 5.32 Å². The Labute approximate surface area is 75.9 Å². The fourth-order valence-electron chi connectivity index (χ4n) is 1.04. The van der Waals surface area contributed by atoms with Gasteiger partial charge < -0.3 is 5.32 Å². The molecule has 0 aromatic heterocycles. The molecule has 0 fully saturated rings. The first kappa shape index (κ1) is 9.38. The first-order valence-electron chi connectivity index (χ1n) is 3.85. The summed E-state index contributed by atoms with van der Waals surface area (Å²) in [6.45, 7) is 1.74. The van der Waals surface area contributed by atoms with Crippen LogP contribution in [0.3, 0.4) is 0 Å². The summed E-state index contributed by atoms with van der Waals surface area (Å²) in [5.74, 6) is -0.166. The number of aryl methyl sites for hydroxylation is 1. The Balaban J connectivity index is 3.09. The van der Waals surface area contributed by atoms with E-state index in [1.165, 1.54) is 6.07 Å². The summed E-state index contributed by atoms with van der Waals surface area (Å²) in [6, 6.07) is 4.74. The molecule has 68 valence electrons. The van der Waals surface area contributed by atoms with Crippen molar-refractivity contribution >= 4 is 11.6 Å². The minimum Gasteiger partial charge on any atom is -0.355 e. The molecule has 0 spiro atoms. The smallest absolute Gasteiger partial charge is 0.251 e. The summed E-state index contributed by atoms with van der Waals surface area (Å²) < 4.78 is 0. The monoisotopic (exact) mass is 178 g/mol. The molecule has 1 amide bonds. The van der Waals surface area contributed by atoms with Crippen LogP contribution in [0.15, 0.2) is 23.4 Å². The Bertz CT molecular complexity index is 347. The molecule has 0 aliphatic carbocycles. The van der Waals surface area contributed by atoms with E-state index < -0.39 is 0 Å². The third-order valence-electron chi connectivity index (χ3n) is 1.78. The zero-order chi connectivity index (χ0) is 9.84. The molecule has 0 atom stereocenters. The number of hydrogen-bond donors (Lipinski definition) is 1. The van der Waals surface area contributed by atoms with Crippen LogP contribution in [0, 0.1) is 11.8 Å². The van der Waals surface area contributed by atoms with Crippen LogP contribution in [0.25, 0.3) is 0 Å². The maximum Gasteiger partial charge on any atom is 0.251 e. The molecule has 4 nitrogen and oxygen atoms in total. The van der Waals surface area contributed by atoms with Crippen LogP contribution in [0.1, 0.15) is 15.9 Å². The van der Waals surface area contributed by atoms with Crippen LogP contribution in [0.4, 0.5) is 5.69 Å². The second-order valence-electron chi connectivity index (χ2n) is 2.67. The zero-order valence-electron chi connectivity index (χ0n) is 7.50. The van der Waals surface area contributed by atoms with Gasteiger partial charge in [-0.3, -0.25) is 4.79 Å². The summed E-state index contributed by atoms with van der Waals surface area (Å²) in [7, 11) is 1.56. The highest BCUT2D eigenvalue weighted by Crippen LogP contribution is 2.18. The van der Waals surface area contributed by atoms with E-state index in [2.05, 4.69) is 10.5 Å². The quantitative estimate of drug-likeness (QED) is 0.701. The van der Waals surface area contributed by atoms with Crippen molar-refractivity contribution in [1.82, 2.24) is 5.32 Å². The van der Waals surface area contributed by atoms with Crippen LogP contribution in [0.5, 0.6) is 0 Å². The first-order valence-corrected chi connectivity index (χ1v) is 3.85. The van der Waals surface area contributed by atoms with Crippen molar-refractivity contribution < 1.29 is 4.79 Å². The van der Waals surface area contributed by atoms with E-state index in [0.29, 0.717) is 16.8 Å². The highest BCUT2D eigenvalue weighted by atomic mass is 16.3. The van der Waals surface area contributed by atoms with E-state index in [-0.39, 0.29) is 5.91 Å². The molecular weight excluding hydrogens is 168 g/mol. The molecular formula is C9H10N2O2. The number of hydrogen-bond acceptors (Lipinski definition) is 3. The number of benzene rings is 1. The Kier molecular flexibility index (Phi) is 2.74. The fraction of sp³-hybridized carbons (Fsp3) is 0.222. The van der Waals surface area contributed by atoms with Gasteiger partial charge in [-0.05, 0) is 35.9 Å². The van der Waals surface area contributed by atoms with Crippen molar-refractivity contribution in [2.24, 2.45) is 5.18 Å². The number of nitroso groups, excluding NO2 is 1. The van der Waals surface area contributed by atoms with E-state index in [0.717, 1.165) is 0 Å². The maximum absolute atomic E-state index is 11.1. The molecule has 0 saturated carbocycles. The lowest BCUT2D eigenvalue weighted by molar-refractivity contribution is 0.0963. The van der Waals surface area contributed by atoms with Gasteiger partial charge >= 0.3 is 0 Å². The van der Waals surface area contributed by atoms with Crippen molar-refractivity contribution in [3.05, 3.63) is 34.2 Å². The van der Waals surface area contributed by atoms with Gasteiger partial charge in [-0.25, -0.2) is 0 Å². The summed E-state index contributed by atoms with van der Waals surface area (Å²) in [6.07, 6.45) is 0. The van der Waals surface area contributed by atoms with Gasteiger partial charge in [0.15, 0.2) is 0 Å². The molecule has 0 unspecified atom stereocenters. The van der Waals surface area contributed by atoms with Gasteiger partial charge in [0.2, 0.25) is 0 Å². The zero-order valence-corrected chi connectivity index (χ0v) is 7.50. The van der Waals surface area contributed by atoms with Crippen LogP contribution in [0.2, 0.25) is 0 Å². The van der Waals surface area contributed by atoms with Gasteiger partial charge in [-0.2, -0.15) is 0 Å². The maximum atomic E-state index is 11.1. The van der Waals surface area contributed by atoms with Crippen molar-refractivity contribution in [2.75, 3.05) is 7.05 Å². The first-order chi connectivity index (χ1) is 6.19. The number of carbonyl (C=O) groups is 1. The van der Waals surface area contributed by atoms with Crippen LogP contribution >= 0.6 is 0 Å². The lowest BCUT2D eigenvalue weighted by Crippen LogP contribution is -2.17. The van der Waals surface area contributed by atoms with Crippen molar-refractivity contribution in [3.8, 4) is 0 Å². The molecule has 1 aromatic carbocycles. The Morgan fingerprint density at radius 2 is 2.15 bits per heavy atom. The standard InChI is InChI=1S/C9H10N2O2/c1-6-5-7(9(12)10-2)3-4-8(6)11-13/h3-5H,1-2H3,(H,10,12). The highest BCUT2D eigenvalue weighted by molar-refractivity contribution is 5.94. The molecule has 13 heavy (non-hydrogen) atoms. The average molecular weight is 178 g/mol. The Hall–Kier alpha value is -1.71. The lowest BCUT2D eigenvalue weighted by atomic mass is 10.1. The van der Waals surface area contributed by atoms with E-state index >= 15 is 0 Å². The molecule has 1 rings (SSSR count). The van der Waals surface area contributed by atoms with Gasteiger partial charge in [-0.15, -0.1) is 4.91 Å². The summed E-state index contributed by atoms with van der Waals surface area (Å²) in [5, 5.41) is 5.31. The second kappa shape index (κ2) is 3.80. The summed E-state index contributed by atoms with van der Waals surface area (Å²) >= 11 is 0. The largest absolute Gasteiger partial charge is 0.355 e. The van der Waals surface area contributed by atoms with E-state index in [1.54, 1.807) is 26.1 Å². The van der Waals surface area contributed by atoms with Crippen molar-refractivity contribution in [3.63, 3.8) is 0 Å². The summed E-state index contributed by atoms with van der Waals surface area (Å²) in [4.78, 5) is 21.4. The Morgan fingerprint density at radius 1 is 1.46 bits per heavy atom. The molecule has 0 saturated heterocycles. The molecule has 0 aliphatic rings. The number of nitrogens with one attached hydrogen (secondary N) is 1. The van der Waals surface area contributed by atoms with E-state index in [4.69, 9.17) is 0 Å². The molecule has 0 bridgehead atoms. The number of amides is 1. The normalized spacial score (nSPS) is 9.38. The van der Waals surface area contributed by atoms with E-state index in [9.17, 15) is 9.70 Å². The van der Waals surface area contributed by atoms with Gasteiger partial charge in [0.05, 0.1) is 0 Å². The van der Waals surface area contributed by atoms with E-state index in [1.807, 2.05) is 0 Å². The molecule has 1 N–H and O–H groups in total. The van der Waals surface area contributed by atoms with Gasteiger partial charge in [-0.1, -0.05) is 0 Å². The molecule has 0 aliphatic heterocycles. The molecule has 1 aromatic rings. The second-order valence-corrected chi connectivity index (χ2v) is 2.67. The van der Waals surface area contributed by atoms with Gasteiger partial charge in [0, 0.05) is 12.6 Å². The topological polar surface area (TPSA) is 58.5 Å². The SMILES string of the molecule is CNC(=O)c1ccc(N=O)c(C)c1. The minimum absolute atomic E-state index is 0.166. The molecule has 4 heteroatoms. The molecule has 0 heterocycles. The Morgan fingerprint density at radius 3 is 2.62 bits per heavy atom. The third kappa shape index (κ3) is 1.90. The van der Waals surface area contributed by atoms with Gasteiger partial charge in [0.25, 0.3) is 5.91 Å². The number of carbonyl (C=O) groups excluding carboxylic acids is 1. The fourth-order valence-corrected chi connectivity index (χ4v) is 1.04. The summed E-state index contributed by atoms with van der Waals surface area (Å²) in [5.41, 5.74) is 1.61. The predicted octanol–water partition coefficient (Wildman–Crippen LogP) is 1.75. The lowest BCUT2D eigenvalue weighted by Gasteiger charge is -2.01. The predicted molar refractivity (Wildman–Crippen MR) is 50.0 cm³/mol. The van der Waals surface area contributed by atoms with Crippen molar-refractivity contribution in [2.45, 2.75) is 6.92 Å². The average Bonchev–Trinajstić information content (AvgIpc) is 2.16.